The number of aliphatic imine (C=N–C) groups is 1. The first-order valence-electron chi connectivity index (χ1n) is 11.6. The lowest BCUT2D eigenvalue weighted by atomic mass is 10.1. The van der Waals surface area contributed by atoms with E-state index >= 15 is 0 Å². The van der Waals surface area contributed by atoms with E-state index in [9.17, 15) is 4.79 Å². The SMILES string of the molecule is CCN1C(=C2SC(=Nc3ccccc3C)N(CCc3ccccc3)C2=O)Sc2ccc(OC)cc21. The third kappa shape index (κ3) is 4.70. The maximum Gasteiger partial charge on any atom is 0.269 e. The second kappa shape index (κ2) is 10.2. The first kappa shape index (κ1) is 23.6. The number of hydrogen-bond donors (Lipinski definition) is 0. The summed E-state index contributed by atoms with van der Waals surface area (Å²) in [4.78, 5) is 24.7. The summed E-state index contributed by atoms with van der Waals surface area (Å²) in [5.41, 5.74) is 4.25. The minimum atomic E-state index is 0.0130. The fraction of sp³-hybridized carbons (Fsp3) is 0.214. The first-order valence-corrected chi connectivity index (χ1v) is 13.3. The Morgan fingerprint density at radius 2 is 1.71 bits per heavy atom. The molecule has 3 aromatic rings. The minimum Gasteiger partial charge on any atom is -0.497 e. The second-order valence-electron chi connectivity index (χ2n) is 8.29. The molecule has 2 aliphatic rings. The quantitative estimate of drug-likeness (QED) is 0.356. The van der Waals surface area contributed by atoms with Crippen molar-refractivity contribution in [2.75, 3.05) is 25.1 Å². The lowest BCUT2D eigenvalue weighted by Crippen LogP contribution is -2.32. The van der Waals surface area contributed by atoms with Crippen molar-refractivity contribution in [3.05, 3.63) is 93.9 Å². The largest absolute Gasteiger partial charge is 0.497 e. The number of amides is 1. The predicted octanol–water partition coefficient (Wildman–Crippen LogP) is 6.61. The van der Waals surface area contributed by atoms with Crippen molar-refractivity contribution in [2.45, 2.75) is 25.2 Å². The molecule has 0 spiro atoms. The van der Waals surface area contributed by atoms with Crippen molar-refractivity contribution in [1.82, 2.24) is 4.90 Å². The fourth-order valence-electron chi connectivity index (χ4n) is 4.17. The number of methoxy groups -OCH3 is 1. The van der Waals surface area contributed by atoms with E-state index in [1.54, 1.807) is 18.9 Å². The van der Waals surface area contributed by atoms with Gasteiger partial charge in [-0.15, -0.1) is 0 Å². The van der Waals surface area contributed by atoms with Gasteiger partial charge in [-0.2, -0.15) is 0 Å². The molecule has 0 bridgehead atoms. The summed E-state index contributed by atoms with van der Waals surface area (Å²) in [6.45, 7) is 5.49. The summed E-state index contributed by atoms with van der Waals surface area (Å²) in [7, 11) is 1.68. The minimum absolute atomic E-state index is 0.0130. The lowest BCUT2D eigenvalue weighted by molar-refractivity contribution is -0.122. The number of benzene rings is 3. The van der Waals surface area contributed by atoms with Crippen LogP contribution in [0.3, 0.4) is 0 Å². The summed E-state index contributed by atoms with van der Waals surface area (Å²) in [5, 5.41) is 1.69. The van der Waals surface area contributed by atoms with Gasteiger partial charge in [-0.25, -0.2) is 4.99 Å². The molecule has 0 atom stereocenters. The van der Waals surface area contributed by atoms with Crippen LogP contribution in [0, 0.1) is 6.92 Å². The Bertz CT molecular complexity index is 1320. The van der Waals surface area contributed by atoms with E-state index in [4.69, 9.17) is 9.73 Å². The van der Waals surface area contributed by atoms with Gasteiger partial charge >= 0.3 is 0 Å². The van der Waals surface area contributed by atoms with E-state index in [0.29, 0.717) is 6.54 Å². The average Bonchev–Trinajstić information content (AvgIpc) is 3.40. The van der Waals surface area contributed by atoms with Crippen LogP contribution in [-0.2, 0) is 11.2 Å². The number of carbonyl (C=O) groups is 1. The molecule has 2 aliphatic heterocycles. The van der Waals surface area contributed by atoms with E-state index < -0.39 is 0 Å². The van der Waals surface area contributed by atoms with Gasteiger partial charge in [0, 0.05) is 24.1 Å². The molecule has 1 saturated heterocycles. The molecule has 35 heavy (non-hydrogen) atoms. The van der Waals surface area contributed by atoms with Gasteiger partial charge in [0.05, 0.1) is 18.5 Å². The molecular formula is C28H27N3O2S2. The summed E-state index contributed by atoms with van der Waals surface area (Å²) in [5.74, 6) is 0.824. The highest BCUT2D eigenvalue weighted by Gasteiger charge is 2.39. The van der Waals surface area contributed by atoms with Crippen LogP contribution in [-0.4, -0.2) is 36.2 Å². The molecule has 5 nitrogen and oxygen atoms in total. The van der Waals surface area contributed by atoms with Crippen LogP contribution in [0.25, 0.3) is 0 Å². The van der Waals surface area contributed by atoms with Crippen molar-refractivity contribution < 1.29 is 9.53 Å². The number of anilines is 1. The maximum absolute atomic E-state index is 13.8. The monoisotopic (exact) mass is 501 g/mol. The highest BCUT2D eigenvalue weighted by Crippen LogP contribution is 2.51. The Labute approximate surface area is 214 Å². The van der Waals surface area contributed by atoms with Crippen LogP contribution in [0.4, 0.5) is 11.4 Å². The van der Waals surface area contributed by atoms with E-state index in [1.165, 1.54) is 17.3 Å². The van der Waals surface area contributed by atoms with Crippen molar-refractivity contribution in [2.24, 2.45) is 4.99 Å². The molecule has 2 heterocycles. The van der Waals surface area contributed by atoms with Gasteiger partial charge in [0.25, 0.3) is 5.91 Å². The van der Waals surface area contributed by atoms with Crippen molar-refractivity contribution in [3.63, 3.8) is 0 Å². The summed E-state index contributed by atoms with van der Waals surface area (Å²) in [6, 6.07) is 24.4. The first-order chi connectivity index (χ1) is 17.1. The molecule has 0 radical (unpaired) electrons. The predicted molar refractivity (Wildman–Crippen MR) is 147 cm³/mol. The van der Waals surface area contributed by atoms with Crippen LogP contribution in [0.5, 0.6) is 5.75 Å². The average molecular weight is 502 g/mol. The molecule has 3 aromatic carbocycles. The van der Waals surface area contributed by atoms with E-state index in [1.807, 2.05) is 66.4 Å². The number of aryl methyl sites for hydroxylation is 1. The number of rotatable bonds is 6. The third-order valence-electron chi connectivity index (χ3n) is 6.08. The standard InChI is InChI=1S/C28H27N3O2S2/c1-4-30-23-18-21(33-3)14-15-24(23)34-27(30)25-26(32)31(17-16-20-11-6-5-7-12-20)28(35-25)29-22-13-9-8-10-19(22)2/h5-15,18H,4,16-17H2,1-3H3. The number of ether oxygens (including phenoxy) is 1. The van der Waals surface area contributed by atoms with Crippen molar-refractivity contribution >= 4 is 46.0 Å². The molecule has 0 unspecified atom stereocenters. The van der Waals surface area contributed by atoms with Gasteiger partial charge in [-0.3, -0.25) is 9.69 Å². The molecule has 178 valence electrons. The lowest BCUT2D eigenvalue weighted by Gasteiger charge is -2.19. The second-order valence-corrected chi connectivity index (χ2v) is 10.3. The van der Waals surface area contributed by atoms with Crippen LogP contribution < -0.4 is 9.64 Å². The van der Waals surface area contributed by atoms with E-state index in [0.717, 1.165) is 55.7 Å². The van der Waals surface area contributed by atoms with Crippen LogP contribution in [0.15, 0.2) is 92.6 Å². The number of hydrogen-bond acceptors (Lipinski definition) is 6. The van der Waals surface area contributed by atoms with Crippen LogP contribution in [0.1, 0.15) is 18.1 Å². The summed E-state index contributed by atoms with van der Waals surface area (Å²) in [6.07, 6.45) is 0.768. The zero-order chi connectivity index (χ0) is 24.4. The molecule has 0 saturated carbocycles. The van der Waals surface area contributed by atoms with Gasteiger partial charge in [-0.05, 0) is 61.4 Å². The Hall–Kier alpha value is -3.16. The number of amidine groups is 1. The molecule has 1 amide bonds. The molecular weight excluding hydrogens is 474 g/mol. The highest BCUT2D eigenvalue weighted by atomic mass is 32.2. The molecule has 0 aromatic heterocycles. The van der Waals surface area contributed by atoms with Gasteiger partial charge in [-0.1, -0.05) is 60.3 Å². The van der Waals surface area contributed by atoms with E-state index in [-0.39, 0.29) is 5.91 Å². The number of nitrogens with zero attached hydrogens (tertiary/aromatic N) is 3. The fourth-order valence-corrected chi connectivity index (χ4v) is 6.56. The van der Waals surface area contributed by atoms with E-state index in [2.05, 4.69) is 30.0 Å². The van der Waals surface area contributed by atoms with Crippen LogP contribution >= 0.6 is 23.5 Å². The summed E-state index contributed by atoms with van der Waals surface area (Å²) < 4.78 is 5.45. The summed E-state index contributed by atoms with van der Waals surface area (Å²) >= 11 is 3.12. The molecule has 5 rings (SSSR count). The van der Waals surface area contributed by atoms with Gasteiger partial charge < -0.3 is 9.64 Å². The highest BCUT2D eigenvalue weighted by molar-refractivity contribution is 8.19. The Kier molecular flexibility index (Phi) is 6.88. The molecule has 1 fully saturated rings. The number of fused-ring (bicyclic) bond motifs is 1. The van der Waals surface area contributed by atoms with Crippen LogP contribution in [0.2, 0.25) is 0 Å². The van der Waals surface area contributed by atoms with Gasteiger partial charge in [0.2, 0.25) is 0 Å². The molecule has 0 aliphatic carbocycles. The number of para-hydroxylation sites is 1. The Morgan fingerprint density at radius 3 is 2.46 bits per heavy atom. The zero-order valence-corrected chi connectivity index (χ0v) is 21.7. The Morgan fingerprint density at radius 1 is 0.943 bits per heavy atom. The zero-order valence-electron chi connectivity index (χ0n) is 20.0. The maximum atomic E-state index is 13.8. The number of thioether (sulfide) groups is 2. The topological polar surface area (TPSA) is 45.1 Å². The van der Waals surface area contributed by atoms with Crippen molar-refractivity contribution in [1.29, 1.82) is 0 Å². The molecule has 7 heteroatoms. The smallest absolute Gasteiger partial charge is 0.269 e. The van der Waals surface area contributed by atoms with Gasteiger partial charge in [0.15, 0.2) is 5.17 Å². The normalized spacial score (nSPS) is 18.5. The molecule has 0 N–H and O–H groups in total. The number of carbonyl (C=O) groups excluding carboxylic acids is 1. The third-order valence-corrected chi connectivity index (χ3v) is 8.46. The van der Waals surface area contributed by atoms with Crippen molar-refractivity contribution in [3.8, 4) is 5.75 Å². The van der Waals surface area contributed by atoms with Gasteiger partial charge in [0.1, 0.15) is 15.7 Å². The Balaban J connectivity index is 1.53.